The minimum atomic E-state index is -0.301. The van der Waals surface area contributed by atoms with Crippen molar-refractivity contribution in [2.45, 2.75) is 19.9 Å². The van der Waals surface area contributed by atoms with Crippen LogP contribution in [0.3, 0.4) is 0 Å². The summed E-state index contributed by atoms with van der Waals surface area (Å²) in [6.07, 6.45) is 6.40. The van der Waals surface area contributed by atoms with E-state index < -0.39 is 0 Å². The smallest absolute Gasteiger partial charge is 0.137 e. The van der Waals surface area contributed by atoms with Crippen molar-refractivity contribution in [3.63, 3.8) is 0 Å². The van der Waals surface area contributed by atoms with Gasteiger partial charge >= 0.3 is 0 Å². The van der Waals surface area contributed by atoms with Gasteiger partial charge < -0.3 is 4.57 Å². The highest BCUT2D eigenvalue weighted by atomic mass is 79.9. The highest BCUT2D eigenvalue weighted by Gasteiger charge is 2.08. The van der Waals surface area contributed by atoms with Gasteiger partial charge in [-0.1, -0.05) is 12.1 Å². The molecule has 0 unspecified atom stereocenters. The highest BCUT2D eigenvalue weighted by Crippen LogP contribution is 2.19. The fourth-order valence-corrected chi connectivity index (χ4v) is 2.46. The minimum Gasteiger partial charge on any atom is -0.329 e. The predicted octanol–water partition coefficient (Wildman–Crippen LogP) is 2.98. The van der Waals surface area contributed by atoms with E-state index in [1.54, 1.807) is 23.0 Å². The molecule has 0 saturated heterocycles. The molecular formula is C14H13BrFN5. The summed E-state index contributed by atoms with van der Waals surface area (Å²) in [5, 5.41) is 8.23. The first-order valence-corrected chi connectivity index (χ1v) is 7.33. The van der Waals surface area contributed by atoms with E-state index in [9.17, 15) is 4.39 Å². The molecule has 0 aliphatic rings. The van der Waals surface area contributed by atoms with Crippen molar-refractivity contribution in [2.75, 3.05) is 0 Å². The third kappa shape index (κ3) is 2.87. The van der Waals surface area contributed by atoms with Gasteiger partial charge in [0.25, 0.3) is 0 Å². The van der Waals surface area contributed by atoms with Crippen molar-refractivity contribution < 1.29 is 4.39 Å². The summed E-state index contributed by atoms with van der Waals surface area (Å²) < 4.78 is 17.3. The zero-order valence-corrected chi connectivity index (χ0v) is 13.0. The van der Waals surface area contributed by atoms with Crippen LogP contribution in [0.2, 0.25) is 0 Å². The number of benzene rings is 1. The van der Waals surface area contributed by atoms with E-state index in [4.69, 9.17) is 0 Å². The number of aryl methyl sites for hydroxylation is 1. The van der Waals surface area contributed by atoms with Crippen molar-refractivity contribution in [2.24, 2.45) is 0 Å². The van der Waals surface area contributed by atoms with Crippen LogP contribution in [-0.2, 0) is 13.0 Å². The molecule has 3 rings (SSSR count). The van der Waals surface area contributed by atoms with Gasteiger partial charge in [-0.25, -0.2) is 14.1 Å². The van der Waals surface area contributed by atoms with Crippen LogP contribution < -0.4 is 0 Å². The summed E-state index contributed by atoms with van der Waals surface area (Å²) in [7, 11) is 0. The molecule has 0 saturated carbocycles. The SMILES string of the molecule is CCc1nccn1Cc1cn(-c2ccc(F)c(Br)c2)nn1. The fraction of sp³-hybridized carbons (Fsp3) is 0.214. The third-order valence-electron chi connectivity index (χ3n) is 3.16. The Bertz CT molecular complexity index is 764. The molecule has 21 heavy (non-hydrogen) atoms. The van der Waals surface area contributed by atoms with E-state index >= 15 is 0 Å². The number of aromatic nitrogens is 5. The number of rotatable bonds is 4. The van der Waals surface area contributed by atoms with Gasteiger partial charge in [0, 0.05) is 18.8 Å². The lowest BCUT2D eigenvalue weighted by atomic mass is 10.3. The first kappa shape index (κ1) is 13.9. The topological polar surface area (TPSA) is 48.5 Å². The monoisotopic (exact) mass is 349 g/mol. The van der Waals surface area contributed by atoms with Gasteiger partial charge in [0.15, 0.2) is 0 Å². The van der Waals surface area contributed by atoms with E-state index in [-0.39, 0.29) is 5.82 Å². The van der Waals surface area contributed by atoms with Crippen LogP contribution in [0.25, 0.3) is 5.69 Å². The Kier molecular flexibility index (Phi) is 3.83. The van der Waals surface area contributed by atoms with Crippen molar-refractivity contribution in [1.29, 1.82) is 0 Å². The molecule has 1 aromatic carbocycles. The average Bonchev–Trinajstić information content (AvgIpc) is 3.11. The molecule has 0 atom stereocenters. The molecule has 5 nitrogen and oxygen atoms in total. The fourth-order valence-electron chi connectivity index (χ4n) is 2.10. The van der Waals surface area contributed by atoms with E-state index in [0.717, 1.165) is 23.6 Å². The number of halogens is 2. The second-order valence-electron chi connectivity index (χ2n) is 4.58. The largest absolute Gasteiger partial charge is 0.329 e. The lowest BCUT2D eigenvalue weighted by Gasteiger charge is -2.03. The third-order valence-corrected chi connectivity index (χ3v) is 3.77. The lowest BCUT2D eigenvalue weighted by Crippen LogP contribution is -2.03. The quantitative estimate of drug-likeness (QED) is 0.727. The van der Waals surface area contributed by atoms with Crippen molar-refractivity contribution in [3.8, 4) is 5.69 Å². The Labute approximate surface area is 129 Å². The molecule has 0 N–H and O–H groups in total. The van der Waals surface area contributed by atoms with Gasteiger partial charge in [-0.2, -0.15) is 0 Å². The van der Waals surface area contributed by atoms with Gasteiger partial charge in [0.1, 0.15) is 17.3 Å². The van der Waals surface area contributed by atoms with Crippen molar-refractivity contribution in [1.82, 2.24) is 24.5 Å². The summed E-state index contributed by atoms with van der Waals surface area (Å²) in [6.45, 7) is 2.68. The second-order valence-corrected chi connectivity index (χ2v) is 5.43. The van der Waals surface area contributed by atoms with E-state index in [2.05, 4.69) is 38.1 Å². The molecule has 0 fully saturated rings. The van der Waals surface area contributed by atoms with Crippen molar-refractivity contribution >= 4 is 15.9 Å². The molecule has 0 amide bonds. The Morgan fingerprint density at radius 2 is 2.19 bits per heavy atom. The molecule has 2 heterocycles. The van der Waals surface area contributed by atoms with Crippen LogP contribution in [0.5, 0.6) is 0 Å². The van der Waals surface area contributed by atoms with Gasteiger partial charge in [0.2, 0.25) is 0 Å². The maximum Gasteiger partial charge on any atom is 0.137 e. The summed E-state index contributed by atoms with van der Waals surface area (Å²) in [5.41, 5.74) is 1.58. The predicted molar refractivity (Wildman–Crippen MR) is 79.7 cm³/mol. The van der Waals surface area contributed by atoms with E-state index in [1.165, 1.54) is 6.07 Å². The van der Waals surface area contributed by atoms with Gasteiger partial charge in [0.05, 0.1) is 22.9 Å². The Morgan fingerprint density at radius 1 is 1.33 bits per heavy atom. The molecule has 0 bridgehead atoms. The number of hydrogen-bond acceptors (Lipinski definition) is 3. The molecule has 0 spiro atoms. The standard InChI is InChI=1S/C14H13BrFN5/c1-2-14-17-5-6-20(14)8-10-9-21(19-18-10)11-3-4-13(16)12(15)7-11/h3-7,9H,2,8H2,1H3. The summed E-state index contributed by atoms with van der Waals surface area (Å²) in [4.78, 5) is 4.28. The molecule has 0 radical (unpaired) electrons. The number of hydrogen-bond donors (Lipinski definition) is 0. The highest BCUT2D eigenvalue weighted by molar-refractivity contribution is 9.10. The Hall–Kier alpha value is -2.02. The molecule has 0 aliphatic heterocycles. The summed E-state index contributed by atoms with van der Waals surface area (Å²) in [5.74, 6) is 0.708. The average molecular weight is 350 g/mol. The van der Waals surface area contributed by atoms with Gasteiger partial charge in [-0.15, -0.1) is 5.10 Å². The number of nitrogens with zero attached hydrogens (tertiary/aromatic N) is 5. The maximum atomic E-state index is 13.3. The zero-order valence-electron chi connectivity index (χ0n) is 11.4. The van der Waals surface area contributed by atoms with Gasteiger partial charge in [-0.05, 0) is 34.1 Å². The maximum absolute atomic E-state index is 13.3. The van der Waals surface area contributed by atoms with Crippen LogP contribution in [0.1, 0.15) is 18.4 Å². The Balaban J connectivity index is 1.84. The van der Waals surface area contributed by atoms with Crippen LogP contribution in [-0.4, -0.2) is 24.5 Å². The molecular weight excluding hydrogens is 337 g/mol. The lowest BCUT2D eigenvalue weighted by molar-refractivity contribution is 0.620. The summed E-state index contributed by atoms with van der Waals surface area (Å²) >= 11 is 3.17. The Morgan fingerprint density at radius 3 is 2.95 bits per heavy atom. The molecule has 2 aromatic heterocycles. The first-order valence-electron chi connectivity index (χ1n) is 6.54. The minimum absolute atomic E-state index is 0.301. The molecule has 3 aromatic rings. The van der Waals surface area contributed by atoms with Crippen LogP contribution in [0.4, 0.5) is 4.39 Å². The zero-order chi connectivity index (χ0) is 14.8. The normalized spacial score (nSPS) is 11.0. The van der Waals surface area contributed by atoms with Crippen LogP contribution in [0.15, 0.2) is 41.3 Å². The summed E-state index contributed by atoms with van der Waals surface area (Å²) in [6, 6.07) is 4.72. The van der Waals surface area contributed by atoms with Crippen LogP contribution >= 0.6 is 15.9 Å². The van der Waals surface area contributed by atoms with E-state index in [0.29, 0.717) is 11.0 Å². The van der Waals surface area contributed by atoms with Crippen molar-refractivity contribution in [3.05, 3.63) is 58.6 Å². The second kappa shape index (κ2) is 5.77. The first-order chi connectivity index (χ1) is 10.2. The molecule has 108 valence electrons. The molecule has 0 aliphatic carbocycles. The van der Waals surface area contributed by atoms with E-state index in [1.807, 2.05) is 17.0 Å². The van der Waals surface area contributed by atoms with Gasteiger partial charge in [-0.3, -0.25) is 0 Å². The van der Waals surface area contributed by atoms with Crippen LogP contribution in [0, 0.1) is 5.82 Å². The number of imidazole rings is 1. The molecule has 7 heteroatoms.